The van der Waals surface area contributed by atoms with Crippen molar-refractivity contribution in [2.75, 3.05) is 18.6 Å². The summed E-state index contributed by atoms with van der Waals surface area (Å²) >= 11 is 12.4. The van der Waals surface area contributed by atoms with Gasteiger partial charge < -0.3 is 39.1 Å². The molecule has 0 spiro atoms. The Bertz CT molecular complexity index is 1470. The first kappa shape index (κ1) is 30.2. The highest BCUT2D eigenvalue weighted by atomic mass is 35.5. The zero-order valence-corrected chi connectivity index (χ0v) is 24.0. The summed E-state index contributed by atoms with van der Waals surface area (Å²) < 4.78 is 35.9. The number of ether oxygens (including phenoxy) is 1. The Balaban J connectivity index is 1.58. The fraction of sp³-hybridized carbons (Fsp3) is 0.500. The molecular formula is C20H26Cl2N6O9P2. The number of benzene rings is 1. The van der Waals surface area contributed by atoms with Crippen molar-refractivity contribution in [2.24, 2.45) is 0 Å². The second-order valence-electron chi connectivity index (χ2n) is 9.37. The Labute approximate surface area is 232 Å². The van der Waals surface area contributed by atoms with E-state index in [1.807, 2.05) is 12.1 Å². The van der Waals surface area contributed by atoms with Crippen molar-refractivity contribution in [1.29, 1.82) is 0 Å². The van der Waals surface area contributed by atoms with Gasteiger partial charge >= 0.3 is 15.2 Å². The summed E-state index contributed by atoms with van der Waals surface area (Å²) in [5.41, 5.74) is 1.06. The minimum absolute atomic E-state index is 0.0595. The third-order valence-electron chi connectivity index (χ3n) is 6.40. The number of aliphatic hydroxyl groups excluding tert-OH is 2. The zero-order chi connectivity index (χ0) is 28.9. The molecule has 1 aliphatic heterocycles. The molecule has 3 aromatic rings. The first-order valence-electron chi connectivity index (χ1n) is 11.3. The van der Waals surface area contributed by atoms with Crippen LogP contribution in [0.5, 0.6) is 0 Å². The Morgan fingerprint density at radius 3 is 2.44 bits per heavy atom. The van der Waals surface area contributed by atoms with Crippen molar-refractivity contribution < 1.29 is 43.3 Å². The van der Waals surface area contributed by atoms with Crippen molar-refractivity contribution in [3.05, 3.63) is 40.1 Å². The molecular weight excluding hydrogens is 601 g/mol. The van der Waals surface area contributed by atoms with Gasteiger partial charge in [0, 0.05) is 18.6 Å². The molecule has 4 rings (SSSR count). The summed E-state index contributed by atoms with van der Waals surface area (Å²) in [5, 5.41) is 29.7. The van der Waals surface area contributed by atoms with E-state index in [1.54, 1.807) is 24.1 Å². The number of nitrogens with zero attached hydrogens (tertiary/aromatic N) is 6. The van der Waals surface area contributed by atoms with Gasteiger partial charge in [-0.2, -0.15) is 14.6 Å². The Morgan fingerprint density at radius 2 is 1.79 bits per heavy atom. The van der Waals surface area contributed by atoms with Crippen LogP contribution < -0.4 is 4.90 Å². The van der Waals surface area contributed by atoms with Crippen molar-refractivity contribution in [3.63, 3.8) is 0 Å². The van der Waals surface area contributed by atoms with Gasteiger partial charge in [0.2, 0.25) is 5.28 Å². The quantitative estimate of drug-likeness (QED) is 0.169. The molecule has 0 radical (unpaired) electrons. The van der Waals surface area contributed by atoms with E-state index in [4.69, 9.17) is 32.5 Å². The summed E-state index contributed by atoms with van der Waals surface area (Å²) in [6.45, 7) is 1.31. The molecule has 0 saturated carbocycles. The van der Waals surface area contributed by atoms with Crippen molar-refractivity contribution in [1.82, 2.24) is 25.0 Å². The van der Waals surface area contributed by atoms with E-state index in [9.17, 15) is 34.0 Å². The van der Waals surface area contributed by atoms with Gasteiger partial charge in [-0.1, -0.05) is 35.0 Å². The summed E-state index contributed by atoms with van der Waals surface area (Å²) in [7, 11) is -8.24. The van der Waals surface area contributed by atoms with Crippen LogP contribution in [0.3, 0.4) is 0 Å². The number of fused-ring (bicyclic) bond motifs is 1. The third kappa shape index (κ3) is 5.72. The van der Waals surface area contributed by atoms with E-state index >= 15 is 0 Å². The van der Waals surface area contributed by atoms with Crippen molar-refractivity contribution in [2.45, 2.75) is 49.8 Å². The van der Waals surface area contributed by atoms with Crippen LogP contribution in [0.25, 0.3) is 11.2 Å². The van der Waals surface area contributed by atoms with Gasteiger partial charge in [0.25, 0.3) is 0 Å². The number of hydrogen-bond acceptors (Lipinski definition) is 11. The summed E-state index contributed by atoms with van der Waals surface area (Å²) in [5.74, 6) is 0.296. The standard InChI is InChI=1S/C20H26Cl2N6O9P2/c1-20(2,38(31,32)33)39(34,35)36-9-12-14(29)15(30)18(37-12)28-17-13(25-26-28)16(23-19(22)24-17)27(3)8-10-6-4-5-7-11(10)21/h4-7,12,14-15,18,29-30H,8-9H2,1-3H3,(H,34,35)(H2,31,32,33)/t12-,14-,15-,18-/m1/s1. The second kappa shape index (κ2) is 10.9. The van der Waals surface area contributed by atoms with E-state index in [0.717, 1.165) is 24.1 Å². The lowest BCUT2D eigenvalue weighted by atomic mass is 10.1. The fourth-order valence-electron chi connectivity index (χ4n) is 3.75. The van der Waals surface area contributed by atoms with E-state index in [1.165, 1.54) is 0 Å². The molecule has 0 aliphatic carbocycles. The van der Waals surface area contributed by atoms with Crippen LogP contribution >= 0.6 is 38.4 Å². The van der Waals surface area contributed by atoms with Crippen LogP contribution in [0.15, 0.2) is 24.3 Å². The maximum atomic E-state index is 12.6. The zero-order valence-electron chi connectivity index (χ0n) is 20.7. The molecule has 1 saturated heterocycles. The summed E-state index contributed by atoms with van der Waals surface area (Å²) in [4.78, 5) is 36.7. The molecule has 15 nitrogen and oxygen atoms in total. The van der Waals surface area contributed by atoms with Gasteiger partial charge in [0.15, 0.2) is 28.1 Å². The van der Waals surface area contributed by atoms with Crippen LogP contribution in [-0.4, -0.2) is 86.7 Å². The molecule has 39 heavy (non-hydrogen) atoms. The van der Waals surface area contributed by atoms with E-state index in [0.29, 0.717) is 17.4 Å². The lowest BCUT2D eigenvalue weighted by Gasteiger charge is -2.30. The number of hydrogen-bond donors (Lipinski definition) is 5. The molecule has 5 N–H and O–H groups in total. The summed E-state index contributed by atoms with van der Waals surface area (Å²) in [6.07, 6.45) is -6.00. The first-order valence-corrected chi connectivity index (χ1v) is 15.3. The smallest absolute Gasteiger partial charge is 0.345 e. The normalized spacial score (nSPS) is 23.7. The number of rotatable bonds is 9. The molecule has 0 bridgehead atoms. The second-order valence-corrected chi connectivity index (χ2v) is 15.1. The Morgan fingerprint density at radius 1 is 1.13 bits per heavy atom. The highest BCUT2D eigenvalue weighted by Crippen LogP contribution is 2.71. The molecule has 5 atom stereocenters. The molecule has 1 unspecified atom stereocenters. The number of aromatic nitrogens is 5. The van der Waals surface area contributed by atoms with Gasteiger partial charge in [0.1, 0.15) is 18.3 Å². The SMILES string of the molecule is CN(Cc1ccccc1Cl)c1nc(Cl)nc2c1nnn2[C@@H]1O[C@H](COP(=O)(O)C(C)(C)P(=O)(O)O)[C@@H](O)[C@H]1O. The predicted octanol–water partition coefficient (Wildman–Crippen LogP) is 1.90. The molecule has 1 aliphatic rings. The molecule has 3 heterocycles. The van der Waals surface area contributed by atoms with E-state index < -0.39 is 51.2 Å². The molecule has 2 aromatic heterocycles. The van der Waals surface area contributed by atoms with E-state index in [2.05, 4.69) is 20.3 Å². The average molecular weight is 627 g/mol. The predicted molar refractivity (Wildman–Crippen MR) is 140 cm³/mol. The molecule has 214 valence electrons. The number of aliphatic hydroxyl groups is 2. The Kier molecular flexibility index (Phi) is 8.46. The highest BCUT2D eigenvalue weighted by Gasteiger charge is 2.55. The van der Waals surface area contributed by atoms with Crippen LogP contribution in [0.4, 0.5) is 5.82 Å². The van der Waals surface area contributed by atoms with Gasteiger partial charge in [-0.05, 0) is 37.1 Å². The summed E-state index contributed by atoms with van der Waals surface area (Å²) in [6, 6.07) is 7.22. The van der Waals surface area contributed by atoms with Gasteiger partial charge in [-0.25, -0.2) is 0 Å². The number of halogens is 2. The molecule has 0 amide bonds. The van der Waals surface area contributed by atoms with Crippen LogP contribution in [0, 0.1) is 0 Å². The molecule has 19 heteroatoms. The average Bonchev–Trinajstić information content (AvgIpc) is 3.38. The maximum Gasteiger partial charge on any atom is 0.345 e. The van der Waals surface area contributed by atoms with E-state index in [-0.39, 0.29) is 16.4 Å². The maximum absolute atomic E-state index is 12.6. The Hall–Kier alpha value is -1.74. The fourth-order valence-corrected chi connectivity index (χ4v) is 6.26. The van der Waals surface area contributed by atoms with Crippen LogP contribution in [-0.2, 0) is 24.9 Å². The monoisotopic (exact) mass is 626 g/mol. The van der Waals surface area contributed by atoms with Crippen LogP contribution in [0.1, 0.15) is 25.6 Å². The first-order chi connectivity index (χ1) is 18.0. The minimum atomic E-state index is -5.05. The van der Waals surface area contributed by atoms with Crippen LogP contribution in [0.2, 0.25) is 10.3 Å². The van der Waals surface area contributed by atoms with Gasteiger partial charge in [-0.3, -0.25) is 9.13 Å². The third-order valence-corrected chi connectivity index (χ3v) is 11.8. The highest BCUT2D eigenvalue weighted by molar-refractivity contribution is 7.72. The molecule has 1 fully saturated rings. The minimum Gasteiger partial charge on any atom is -0.387 e. The van der Waals surface area contributed by atoms with Gasteiger partial charge in [0.05, 0.1) is 6.61 Å². The largest absolute Gasteiger partial charge is 0.387 e. The number of anilines is 1. The van der Waals surface area contributed by atoms with Crippen molar-refractivity contribution in [3.8, 4) is 0 Å². The lowest BCUT2D eigenvalue weighted by molar-refractivity contribution is -0.0553. The lowest BCUT2D eigenvalue weighted by Crippen LogP contribution is -2.34. The molecule has 1 aromatic carbocycles. The van der Waals surface area contributed by atoms with Gasteiger partial charge in [-0.15, -0.1) is 5.10 Å². The topological polar surface area (TPSA) is 213 Å². The van der Waals surface area contributed by atoms with Crippen molar-refractivity contribution >= 4 is 55.4 Å².